The minimum atomic E-state index is -0.523. The average molecular weight is 318 g/mol. The van der Waals surface area contributed by atoms with Crippen molar-refractivity contribution < 1.29 is 14.5 Å². The van der Waals surface area contributed by atoms with Crippen molar-refractivity contribution in [2.75, 3.05) is 25.1 Å². The Morgan fingerprint density at radius 3 is 2.96 bits per heavy atom. The lowest BCUT2D eigenvalue weighted by atomic mass is 10.2. The Balaban J connectivity index is 2.58. The Bertz CT molecular complexity index is 622. The van der Waals surface area contributed by atoms with E-state index in [2.05, 4.69) is 10.6 Å². The maximum absolute atomic E-state index is 11.8. The summed E-state index contributed by atoms with van der Waals surface area (Å²) in [5.41, 5.74) is 0.214. The van der Waals surface area contributed by atoms with Gasteiger partial charge >= 0.3 is 0 Å². The molecule has 8 nitrogen and oxygen atoms in total. The number of benzene rings is 1. The van der Waals surface area contributed by atoms with Gasteiger partial charge in [0.2, 0.25) is 0 Å². The molecule has 0 heterocycles. The van der Waals surface area contributed by atoms with Gasteiger partial charge in [0.15, 0.2) is 0 Å². The summed E-state index contributed by atoms with van der Waals surface area (Å²) < 4.78 is 5.14. The molecule has 0 saturated heterocycles. The number of non-ortho nitro benzene ring substituents is 1. The van der Waals surface area contributed by atoms with Gasteiger partial charge in [0.05, 0.1) is 4.92 Å². The van der Waals surface area contributed by atoms with Gasteiger partial charge in [-0.3, -0.25) is 14.9 Å². The SMILES string of the molecule is CCOCCCNC(=O)/C(C#N)=C\Nc1cccc([N+](=O)[O-])c1. The summed E-state index contributed by atoms with van der Waals surface area (Å²) in [4.78, 5) is 22.0. The maximum Gasteiger partial charge on any atom is 0.271 e. The molecule has 0 aliphatic rings. The zero-order chi connectivity index (χ0) is 17.1. The predicted octanol–water partition coefficient (Wildman–Crippen LogP) is 1.96. The summed E-state index contributed by atoms with van der Waals surface area (Å²) in [6.45, 7) is 3.43. The van der Waals surface area contributed by atoms with E-state index in [-0.39, 0.29) is 11.3 Å². The summed E-state index contributed by atoms with van der Waals surface area (Å²) in [7, 11) is 0. The first-order chi connectivity index (χ1) is 11.1. The molecule has 0 aliphatic heterocycles. The Hall–Kier alpha value is -2.92. The first kappa shape index (κ1) is 18.1. The Morgan fingerprint density at radius 1 is 1.52 bits per heavy atom. The molecular weight excluding hydrogens is 300 g/mol. The van der Waals surface area contributed by atoms with Gasteiger partial charge < -0.3 is 15.4 Å². The lowest BCUT2D eigenvalue weighted by molar-refractivity contribution is -0.384. The molecule has 1 aromatic carbocycles. The molecule has 0 fully saturated rings. The number of nitro benzene ring substituents is 1. The molecule has 0 aromatic heterocycles. The number of carbonyl (C=O) groups is 1. The van der Waals surface area contributed by atoms with E-state index >= 15 is 0 Å². The zero-order valence-corrected chi connectivity index (χ0v) is 12.7. The van der Waals surface area contributed by atoms with Crippen molar-refractivity contribution in [3.05, 3.63) is 46.2 Å². The molecule has 0 saturated carbocycles. The van der Waals surface area contributed by atoms with Crippen molar-refractivity contribution >= 4 is 17.3 Å². The third-order valence-electron chi connectivity index (χ3n) is 2.76. The highest BCUT2D eigenvalue weighted by Gasteiger charge is 2.09. The average Bonchev–Trinajstić information content (AvgIpc) is 2.55. The number of anilines is 1. The van der Waals surface area contributed by atoms with Crippen LogP contribution in [0.5, 0.6) is 0 Å². The molecule has 1 aromatic rings. The number of ether oxygens (including phenoxy) is 1. The minimum absolute atomic E-state index is 0.0812. The van der Waals surface area contributed by atoms with Crippen LogP contribution in [0.1, 0.15) is 13.3 Å². The van der Waals surface area contributed by atoms with Crippen LogP contribution >= 0.6 is 0 Å². The van der Waals surface area contributed by atoms with E-state index in [1.807, 2.05) is 6.92 Å². The topological polar surface area (TPSA) is 117 Å². The number of nitrogens with zero attached hydrogens (tertiary/aromatic N) is 2. The number of nitro groups is 1. The summed E-state index contributed by atoms with van der Waals surface area (Å²) in [6.07, 6.45) is 1.87. The molecule has 0 atom stereocenters. The summed E-state index contributed by atoms with van der Waals surface area (Å²) in [5.74, 6) is -0.512. The first-order valence-electron chi connectivity index (χ1n) is 7.05. The smallest absolute Gasteiger partial charge is 0.271 e. The van der Waals surface area contributed by atoms with Crippen LogP contribution in [-0.2, 0) is 9.53 Å². The van der Waals surface area contributed by atoms with Crippen molar-refractivity contribution in [1.82, 2.24) is 5.32 Å². The van der Waals surface area contributed by atoms with E-state index in [4.69, 9.17) is 10.00 Å². The van der Waals surface area contributed by atoms with Gasteiger partial charge in [-0.2, -0.15) is 5.26 Å². The standard InChI is InChI=1S/C15H18N4O4/c1-2-23-8-4-7-17-15(20)12(10-16)11-18-13-5-3-6-14(9-13)19(21)22/h3,5-6,9,11,18H,2,4,7-8H2,1H3,(H,17,20)/b12-11-. The second kappa shape index (κ2) is 9.92. The summed E-state index contributed by atoms with van der Waals surface area (Å²) >= 11 is 0. The molecule has 0 unspecified atom stereocenters. The van der Waals surface area contributed by atoms with Crippen LogP contribution in [0.15, 0.2) is 36.0 Å². The van der Waals surface area contributed by atoms with E-state index in [1.165, 1.54) is 24.4 Å². The first-order valence-corrected chi connectivity index (χ1v) is 7.05. The van der Waals surface area contributed by atoms with Gasteiger partial charge in [-0.05, 0) is 19.4 Å². The van der Waals surface area contributed by atoms with Crippen molar-refractivity contribution in [3.63, 3.8) is 0 Å². The van der Waals surface area contributed by atoms with Gasteiger partial charge in [-0.1, -0.05) is 6.07 Å². The predicted molar refractivity (Wildman–Crippen MR) is 84.5 cm³/mol. The van der Waals surface area contributed by atoms with Crippen LogP contribution in [0, 0.1) is 21.4 Å². The van der Waals surface area contributed by atoms with Crippen molar-refractivity contribution in [1.29, 1.82) is 5.26 Å². The third-order valence-corrected chi connectivity index (χ3v) is 2.76. The van der Waals surface area contributed by atoms with E-state index in [0.29, 0.717) is 31.9 Å². The van der Waals surface area contributed by atoms with Gasteiger partial charge in [-0.15, -0.1) is 0 Å². The fraction of sp³-hybridized carbons (Fsp3) is 0.333. The highest BCUT2D eigenvalue weighted by atomic mass is 16.6. The maximum atomic E-state index is 11.8. The number of amides is 1. The largest absolute Gasteiger partial charge is 0.382 e. The minimum Gasteiger partial charge on any atom is -0.382 e. The summed E-state index contributed by atoms with van der Waals surface area (Å²) in [6, 6.07) is 7.55. The number of nitrogens with one attached hydrogen (secondary N) is 2. The molecule has 0 bridgehead atoms. The number of hydrogen-bond donors (Lipinski definition) is 2. The van der Waals surface area contributed by atoms with E-state index in [1.54, 1.807) is 12.1 Å². The molecule has 122 valence electrons. The van der Waals surface area contributed by atoms with Gasteiger partial charge in [0.1, 0.15) is 11.6 Å². The van der Waals surface area contributed by atoms with Crippen LogP contribution in [0.25, 0.3) is 0 Å². The molecule has 0 spiro atoms. The Morgan fingerprint density at radius 2 is 2.30 bits per heavy atom. The number of rotatable bonds is 9. The monoisotopic (exact) mass is 318 g/mol. The zero-order valence-electron chi connectivity index (χ0n) is 12.7. The molecule has 0 aliphatic carbocycles. The van der Waals surface area contributed by atoms with E-state index in [9.17, 15) is 14.9 Å². The quantitative estimate of drug-likeness (QED) is 0.236. The van der Waals surface area contributed by atoms with Gasteiger partial charge in [-0.25, -0.2) is 0 Å². The van der Waals surface area contributed by atoms with Crippen LogP contribution in [-0.4, -0.2) is 30.6 Å². The number of nitriles is 1. The molecule has 8 heteroatoms. The fourth-order valence-electron chi connectivity index (χ4n) is 1.63. The molecular formula is C15H18N4O4. The van der Waals surface area contributed by atoms with Crippen LogP contribution in [0.4, 0.5) is 11.4 Å². The highest BCUT2D eigenvalue weighted by Crippen LogP contribution is 2.17. The Labute approximate surface area is 133 Å². The molecule has 0 radical (unpaired) electrons. The second-order valence-corrected chi connectivity index (χ2v) is 4.43. The summed E-state index contributed by atoms with van der Waals surface area (Å²) in [5, 5.41) is 25.0. The van der Waals surface area contributed by atoms with Crippen molar-refractivity contribution in [3.8, 4) is 6.07 Å². The van der Waals surface area contributed by atoms with Crippen LogP contribution < -0.4 is 10.6 Å². The molecule has 1 amide bonds. The molecule has 23 heavy (non-hydrogen) atoms. The normalized spacial score (nSPS) is 10.7. The van der Waals surface area contributed by atoms with Crippen molar-refractivity contribution in [2.24, 2.45) is 0 Å². The van der Waals surface area contributed by atoms with E-state index < -0.39 is 10.8 Å². The van der Waals surface area contributed by atoms with Crippen LogP contribution in [0.3, 0.4) is 0 Å². The lowest BCUT2D eigenvalue weighted by Crippen LogP contribution is -2.26. The van der Waals surface area contributed by atoms with E-state index in [0.717, 1.165) is 0 Å². The van der Waals surface area contributed by atoms with Gasteiger partial charge in [0, 0.05) is 43.8 Å². The highest BCUT2D eigenvalue weighted by molar-refractivity contribution is 5.97. The van der Waals surface area contributed by atoms with Crippen LogP contribution in [0.2, 0.25) is 0 Å². The number of carbonyl (C=O) groups excluding carboxylic acids is 1. The number of hydrogen-bond acceptors (Lipinski definition) is 6. The Kier molecular flexibility index (Phi) is 7.82. The molecule has 2 N–H and O–H groups in total. The fourth-order valence-corrected chi connectivity index (χ4v) is 1.63. The lowest BCUT2D eigenvalue weighted by Gasteiger charge is -2.05. The van der Waals surface area contributed by atoms with Gasteiger partial charge in [0.25, 0.3) is 11.6 Å². The van der Waals surface area contributed by atoms with Crippen molar-refractivity contribution in [2.45, 2.75) is 13.3 Å². The second-order valence-electron chi connectivity index (χ2n) is 4.43. The third kappa shape index (κ3) is 6.58. The molecule has 1 rings (SSSR count).